The predicted molar refractivity (Wildman–Crippen MR) is 77.6 cm³/mol. The van der Waals surface area contributed by atoms with E-state index in [1.165, 1.54) is 31.2 Å². The van der Waals surface area contributed by atoms with E-state index in [1.807, 2.05) is 0 Å². The van der Waals surface area contributed by atoms with Crippen LogP contribution in [0.25, 0.3) is 0 Å². The van der Waals surface area contributed by atoms with Gasteiger partial charge in [0.25, 0.3) is 0 Å². The highest BCUT2D eigenvalue weighted by atomic mass is 32.2. The van der Waals surface area contributed by atoms with Crippen LogP contribution in [0.4, 0.5) is 0 Å². The lowest BCUT2D eigenvalue weighted by Crippen LogP contribution is -2.25. The van der Waals surface area contributed by atoms with Gasteiger partial charge in [0, 0.05) is 6.54 Å². The van der Waals surface area contributed by atoms with E-state index in [0.29, 0.717) is 13.0 Å². The normalized spacial score (nSPS) is 12.5. The molecule has 0 unspecified atom stereocenters. The molecule has 0 aliphatic heterocycles. The number of rotatable bonds is 8. The van der Waals surface area contributed by atoms with Crippen molar-refractivity contribution in [3.05, 3.63) is 24.3 Å². The predicted octanol–water partition coefficient (Wildman–Crippen LogP) is 0.497. The van der Waals surface area contributed by atoms with Crippen LogP contribution in [0.2, 0.25) is 0 Å². The molecule has 6 nitrogen and oxygen atoms in total. The van der Waals surface area contributed by atoms with E-state index in [1.54, 1.807) is 0 Å². The molecule has 0 aliphatic carbocycles. The molecule has 0 spiro atoms. The third-order valence-corrected chi connectivity index (χ3v) is 5.97. The SMILES string of the molecule is CCS(=O)(=O)c1cccc(S(=O)(=O)NCCCCN)c1. The summed E-state index contributed by atoms with van der Waals surface area (Å²) in [6, 6.07) is 5.38. The first-order valence-electron chi connectivity index (χ1n) is 6.36. The van der Waals surface area contributed by atoms with Gasteiger partial charge < -0.3 is 5.73 Å². The Morgan fingerprint density at radius 3 is 2.35 bits per heavy atom. The van der Waals surface area contributed by atoms with Gasteiger partial charge in [-0.05, 0) is 37.6 Å². The Kier molecular flexibility index (Phi) is 6.12. The van der Waals surface area contributed by atoms with Gasteiger partial charge in [-0.1, -0.05) is 13.0 Å². The van der Waals surface area contributed by atoms with Crippen LogP contribution in [-0.4, -0.2) is 35.7 Å². The van der Waals surface area contributed by atoms with Crippen molar-refractivity contribution in [1.29, 1.82) is 0 Å². The zero-order valence-electron chi connectivity index (χ0n) is 11.4. The fraction of sp³-hybridized carbons (Fsp3) is 0.500. The zero-order chi connectivity index (χ0) is 15.2. The lowest BCUT2D eigenvalue weighted by Gasteiger charge is -2.08. The van der Waals surface area contributed by atoms with E-state index in [9.17, 15) is 16.8 Å². The summed E-state index contributed by atoms with van der Waals surface area (Å²) in [7, 11) is -7.11. The average Bonchev–Trinajstić information content (AvgIpc) is 2.44. The molecule has 1 aromatic rings. The molecule has 20 heavy (non-hydrogen) atoms. The van der Waals surface area contributed by atoms with Crippen LogP contribution in [0.3, 0.4) is 0 Å². The summed E-state index contributed by atoms with van der Waals surface area (Å²) in [6.45, 7) is 2.30. The van der Waals surface area contributed by atoms with Crippen molar-refractivity contribution in [1.82, 2.24) is 4.72 Å². The van der Waals surface area contributed by atoms with Crippen molar-refractivity contribution >= 4 is 19.9 Å². The molecule has 8 heteroatoms. The van der Waals surface area contributed by atoms with Crippen LogP contribution in [-0.2, 0) is 19.9 Å². The fourth-order valence-corrected chi connectivity index (χ4v) is 3.68. The first-order valence-corrected chi connectivity index (χ1v) is 9.49. The molecular formula is C12H20N2O4S2. The van der Waals surface area contributed by atoms with Crippen LogP contribution in [0, 0.1) is 0 Å². The van der Waals surface area contributed by atoms with Crippen molar-refractivity contribution in [2.24, 2.45) is 5.73 Å². The molecule has 0 saturated heterocycles. The van der Waals surface area contributed by atoms with Gasteiger partial charge in [0.15, 0.2) is 9.84 Å². The molecule has 0 aliphatic rings. The minimum atomic E-state index is -3.69. The molecule has 1 aromatic carbocycles. The average molecular weight is 320 g/mol. The van der Waals surface area contributed by atoms with E-state index in [2.05, 4.69) is 4.72 Å². The van der Waals surface area contributed by atoms with E-state index >= 15 is 0 Å². The molecule has 3 N–H and O–H groups in total. The minimum Gasteiger partial charge on any atom is -0.330 e. The maximum Gasteiger partial charge on any atom is 0.240 e. The van der Waals surface area contributed by atoms with E-state index in [4.69, 9.17) is 5.73 Å². The second-order valence-corrected chi connectivity index (χ2v) is 8.32. The Balaban J connectivity index is 2.94. The summed E-state index contributed by atoms with van der Waals surface area (Å²) in [5, 5.41) is 0. The number of nitrogens with two attached hydrogens (primary N) is 1. The molecule has 0 aromatic heterocycles. The third-order valence-electron chi connectivity index (χ3n) is 2.78. The maximum absolute atomic E-state index is 12.0. The largest absolute Gasteiger partial charge is 0.330 e. The lowest BCUT2D eigenvalue weighted by atomic mass is 10.3. The Bertz CT molecular complexity index is 639. The Morgan fingerprint density at radius 1 is 1.10 bits per heavy atom. The highest BCUT2D eigenvalue weighted by molar-refractivity contribution is 7.91. The summed E-state index contributed by atoms with van der Waals surface area (Å²) >= 11 is 0. The molecule has 1 rings (SSSR count). The third kappa shape index (κ3) is 4.55. The summed E-state index contributed by atoms with van der Waals surface area (Å²) in [4.78, 5) is -0.0235. The number of benzene rings is 1. The van der Waals surface area contributed by atoms with Crippen LogP contribution >= 0.6 is 0 Å². The summed E-state index contributed by atoms with van der Waals surface area (Å²) in [5.41, 5.74) is 5.33. The number of nitrogens with one attached hydrogen (secondary N) is 1. The molecule has 0 atom stereocenters. The van der Waals surface area contributed by atoms with Gasteiger partial charge in [0.05, 0.1) is 15.5 Å². The molecule has 0 fully saturated rings. The van der Waals surface area contributed by atoms with Crippen molar-refractivity contribution in [2.75, 3.05) is 18.8 Å². The van der Waals surface area contributed by atoms with Gasteiger partial charge in [0.2, 0.25) is 10.0 Å². The van der Waals surface area contributed by atoms with Gasteiger partial charge in [-0.25, -0.2) is 21.6 Å². The molecular weight excluding hydrogens is 300 g/mol. The highest BCUT2D eigenvalue weighted by Crippen LogP contribution is 2.16. The first kappa shape index (κ1) is 17.1. The maximum atomic E-state index is 12.0. The Morgan fingerprint density at radius 2 is 1.75 bits per heavy atom. The van der Waals surface area contributed by atoms with E-state index in [0.717, 1.165) is 6.42 Å². The summed E-state index contributed by atoms with van der Waals surface area (Å²) in [6.07, 6.45) is 1.37. The summed E-state index contributed by atoms with van der Waals surface area (Å²) in [5.74, 6) is -0.0690. The molecule has 114 valence electrons. The van der Waals surface area contributed by atoms with Crippen molar-refractivity contribution in [2.45, 2.75) is 29.6 Å². The number of sulfone groups is 1. The molecule has 0 heterocycles. The van der Waals surface area contributed by atoms with Crippen molar-refractivity contribution in [3.8, 4) is 0 Å². The van der Waals surface area contributed by atoms with Crippen LogP contribution in [0.1, 0.15) is 19.8 Å². The van der Waals surface area contributed by atoms with Gasteiger partial charge in [0.1, 0.15) is 0 Å². The second kappa shape index (κ2) is 7.16. The smallest absolute Gasteiger partial charge is 0.240 e. The number of hydrogen-bond acceptors (Lipinski definition) is 5. The minimum absolute atomic E-state index is 0.0184. The van der Waals surface area contributed by atoms with Crippen LogP contribution in [0.5, 0.6) is 0 Å². The Hall–Kier alpha value is -0.960. The fourth-order valence-electron chi connectivity index (χ4n) is 1.56. The molecule has 0 amide bonds. The van der Waals surface area contributed by atoms with E-state index in [-0.39, 0.29) is 22.1 Å². The van der Waals surface area contributed by atoms with Gasteiger partial charge in [-0.2, -0.15) is 0 Å². The van der Waals surface area contributed by atoms with Crippen LogP contribution in [0.15, 0.2) is 34.1 Å². The standard InChI is InChI=1S/C12H20N2O4S2/c1-2-19(15,16)11-6-5-7-12(10-11)20(17,18)14-9-4-3-8-13/h5-7,10,14H,2-4,8-9,13H2,1H3. The van der Waals surface area contributed by atoms with Crippen molar-refractivity contribution < 1.29 is 16.8 Å². The van der Waals surface area contributed by atoms with Gasteiger partial charge in [-0.15, -0.1) is 0 Å². The lowest BCUT2D eigenvalue weighted by molar-refractivity contribution is 0.576. The van der Waals surface area contributed by atoms with E-state index < -0.39 is 19.9 Å². The molecule has 0 bridgehead atoms. The highest BCUT2D eigenvalue weighted by Gasteiger charge is 2.17. The van der Waals surface area contributed by atoms with Crippen molar-refractivity contribution in [3.63, 3.8) is 0 Å². The quantitative estimate of drug-likeness (QED) is 0.678. The zero-order valence-corrected chi connectivity index (χ0v) is 13.0. The first-order chi connectivity index (χ1) is 9.33. The number of sulfonamides is 1. The molecule has 0 saturated carbocycles. The second-order valence-electron chi connectivity index (χ2n) is 4.27. The Labute approximate surface area is 120 Å². The number of hydrogen-bond donors (Lipinski definition) is 2. The van der Waals surface area contributed by atoms with Gasteiger partial charge >= 0.3 is 0 Å². The van der Waals surface area contributed by atoms with Gasteiger partial charge in [-0.3, -0.25) is 0 Å². The number of unbranched alkanes of at least 4 members (excludes halogenated alkanes) is 1. The topological polar surface area (TPSA) is 106 Å². The molecule has 0 radical (unpaired) electrons. The summed E-state index contributed by atoms with van der Waals surface area (Å²) < 4.78 is 50.0. The monoisotopic (exact) mass is 320 g/mol. The van der Waals surface area contributed by atoms with Crippen LogP contribution < -0.4 is 10.5 Å².